The topological polar surface area (TPSA) is 103 Å². The van der Waals surface area contributed by atoms with Crippen LogP contribution in [0.3, 0.4) is 0 Å². The van der Waals surface area contributed by atoms with Crippen LogP contribution in [0.25, 0.3) is 0 Å². The van der Waals surface area contributed by atoms with Gasteiger partial charge in [0.2, 0.25) is 0 Å². The lowest BCUT2D eigenvalue weighted by atomic mass is 10.3. The minimum atomic E-state index is -0.376. The molecule has 1 saturated heterocycles. The first-order valence-corrected chi connectivity index (χ1v) is 10.1. The van der Waals surface area contributed by atoms with Crippen molar-refractivity contribution in [2.75, 3.05) is 31.9 Å². The number of hydrogen-bond acceptors (Lipinski definition) is 8. The van der Waals surface area contributed by atoms with Gasteiger partial charge in [0.05, 0.1) is 38.0 Å². The highest BCUT2D eigenvalue weighted by Gasteiger charge is 2.37. The Morgan fingerprint density at radius 1 is 1.09 bits per heavy atom. The van der Waals surface area contributed by atoms with Crippen molar-refractivity contribution in [3.63, 3.8) is 0 Å². The largest absolute Gasteiger partial charge is 0.494 e. The zero-order chi connectivity index (χ0) is 24.4. The maximum absolute atomic E-state index is 13.1. The summed E-state index contributed by atoms with van der Waals surface area (Å²) in [5.41, 5.74) is 7.93. The van der Waals surface area contributed by atoms with Gasteiger partial charge in [-0.2, -0.15) is 0 Å². The SMILES string of the molecule is C=C1/C(=C\N(C)C(=O)c2cc(OC)c(Oc3ccc(F)cc3)cn2)N1c1cnc(N)cc1OC. The molecule has 1 fully saturated rings. The summed E-state index contributed by atoms with van der Waals surface area (Å²) >= 11 is 0. The van der Waals surface area contributed by atoms with Gasteiger partial charge in [-0.1, -0.05) is 6.58 Å². The molecule has 34 heavy (non-hydrogen) atoms. The van der Waals surface area contributed by atoms with E-state index < -0.39 is 0 Å². The fourth-order valence-electron chi connectivity index (χ4n) is 3.23. The van der Waals surface area contributed by atoms with E-state index in [0.29, 0.717) is 40.1 Å². The van der Waals surface area contributed by atoms with Crippen molar-refractivity contribution in [2.45, 2.75) is 0 Å². The fourth-order valence-corrected chi connectivity index (χ4v) is 3.23. The van der Waals surface area contributed by atoms with E-state index in [9.17, 15) is 9.18 Å². The predicted molar refractivity (Wildman–Crippen MR) is 124 cm³/mol. The van der Waals surface area contributed by atoms with Crippen molar-refractivity contribution in [3.8, 4) is 23.0 Å². The van der Waals surface area contributed by atoms with Crippen LogP contribution in [0.4, 0.5) is 15.9 Å². The second kappa shape index (κ2) is 9.10. The van der Waals surface area contributed by atoms with E-state index in [1.54, 1.807) is 30.4 Å². The van der Waals surface area contributed by atoms with Crippen molar-refractivity contribution in [1.29, 1.82) is 0 Å². The van der Waals surface area contributed by atoms with Crippen LogP contribution < -0.4 is 24.8 Å². The van der Waals surface area contributed by atoms with Gasteiger partial charge in [-0.15, -0.1) is 0 Å². The minimum Gasteiger partial charge on any atom is -0.494 e. The van der Waals surface area contributed by atoms with Gasteiger partial charge in [-0.3, -0.25) is 4.79 Å². The first-order valence-electron chi connectivity index (χ1n) is 10.1. The lowest BCUT2D eigenvalue weighted by Gasteiger charge is -2.14. The monoisotopic (exact) mass is 463 g/mol. The third-order valence-corrected chi connectivity index (χ3v) is 5.03. The van der Waals surface area contributed by atoms with Crippen LogP contribution in [0, 0.1) is 5.82 Å². The summed E-state index contributed by atoms with van der Waals surface area (Å²) in [5, 5.41) is 0. The Balaban J connectivity index is 1.52. The Morgan fingerprint density at radius 2 is 1.79 bits per heavy atom. The molecule has 0 spiro atoms. The molecule has 1 amide bonds. The summed E-state index contributed by atoms with van der Waals surface area (Å²) in [6.07, 6.45) is 4.59. The number of amides is 1. The Kier molecular flexibility index (Phi) is 6.05. The number of nitrogens with two attached hydrogens (primary N) is 1. The van der Waals surface area contributed by atoms with Gasteiger partial charge in [-0.05, 0) is 24.3 Å². The van der Waals surface area contributed by atoms with Crippen LogP contribution in [0.1, 0.15) is 10.5 Å². The molecule has 0 aliphatic carbocycles. The number of aromatic nitrogens is 2. The summed E-state index contributed by atoms with van der Waals surface area (Å²) in [7, 11) is 4.59. The lowest BCUT2D eigenvalue weighted by molar-refractivity contribution is 0.0843. The number of nitrogen functional groups attached to an aromatic ring is 1. The molecule has 2 N–H and O–H groups in total. The molecular formula is C24H22FN5O4. The van der Waals surface area contributed by atoms with Gasteiger partial charge < -0.3 is 29.7 Å². The molecule has 0 atom stereocenters. The highest BCUT2D eigenvalue weighted by atomic mass is 19.1. The highest BCUT2D eigenvalue weighted by molar-refractivity contribution is 5.94. The van der Waals surface area contributed by atoms with Gasteiger partial charge in [0.1, 0.15) is 34.5 Å². The molecule has 0 bridgehead atoms. The minimum absolute atomic E-state index is 0.146. The quantitative estimate of drug-likeness (QED) is 0.526. The standard InChI is InChI=1S/C24H22FN5O4/c1-14-19(30(14)18-11-28-23(26)10-20(18)32-3)13-29(2)24(31)17-9-21(33-4)22(12-27-17)34-16-7-5-15(25)6-8-16/h5-13H,1H2,2-4H3,(H2,26,28)/b19-13+. The molecular weight excluding hydrogens is 441 g/mol. The summed E-state index contributed by atoms with van der Waals surface area (Å²) in [5.74, 6) is 1.12. The van der Waals surface area contributed by atoms with Crippen LogP contribution >= 0.6 is 0 Å². The third kappa shape index (κ3) is 4.46. The van der Waals surface area contributed by atoms with Crippen LogP contribution in [0.2, 0.25) is 0 Å². The van der Waals surface area contributed by atoms with Gasteiger partial charge in [-0.25, -0.2) is 14.4 Å². The van der Waals surface area contributed by atoms with E-state index in [1.165, 1.54) is 55.6 Å². The maximum Gasteiger partial charge on any atom is 0.276 e. The molecule has 1 aliphatic rings. The van der Waals surface area contributed by atoms with Crippen LogP contribution in [-0.2, 0) is 0 Å². The lowest BCUT2D eigenvalue weighted by Crippen LogP contribution is -2.22. The molecule has 1 aliphatic heterocycles. The molecule has 3 heterocycles. The number of carbonyl (C=O) groups is 1. The number of carbonyl (C=O) groups excluding carboxylic acids is 1. The van der Waals surface area contributed by atoms with Gasteiger partial charge in [0.15, 0.2) is 11.5 Å². The Labute approximate surface area is 195 Å². The molecule has 0 radical (unpaired) electrons. The van der Waals surface area contributed by atoms with E-state index >= 15 is 0 Å². The molecule has 2 aromatic heterocycles. The zero-order valence-electron chi connectivity index (χ0n) is 18.8. The first kappa shape index (κ1) is 22.6. The fraction of sp³-hybridized carbons (Fsp3) is 0.125. The summed E-state index contributed by atoms with van der Waals surface area (Å²) < 4.78 is 29.5. The number of anilines is 2. The number of nitrogens with zero attached hydrogens (tertiary/aromatic N) is 4. The predicted octanol–water partition coefficient (Wildman–Crippen LogP) is 3.95. The summed E-state index contributed by atoms with van der Waals surface area (Å²) in [4.78, 5) is 24.5. The van der Waals surface area contributed by atoms with Crippen LogP contribution in [0.5, 0.6) is 23.0 Å². The maximum atomic E-state index is 13.1. The van der Waals surface area contributed by atoms with E-state index in [-0.39, 0.29) is 23.2 Å². The average Bonchev–Trinajstić information content (AvgIpc) is 3.47. The molecule has 174 valence electrons. The number of methoxy groups -OCH3 is 2. The molecule has 0 unspecified atom stereocenters. The van der Waals surface area contributed by atoms with Crippen molar-refractivity contribution in [1.82, 2.24) is 14.9 Å². The number of pyridine rings is 2. The second-order valence-electron chi connectivity index (χ2n) is 7.27. The third-order valence-electron chi connectivity index (χ3n) is 5.03. The summed E-state index contributed by atoms with van der Waals surface area (Å²) in [6, 6.07) is 8.60. The van der Waals surface area contributed by atoms with Crippen molar-refractivity contribution in [2.24, 2.45) is 0 Å². The summed E-state index contributed by atoms with van der Waals surface area (Å²) in [6.45, 7) is 4.00. The Hall–Kier alpha value is -4.60. The molecule has 0 saturated carbocycles. The molecule has 3 aromatic rings. The Bertz CT molecular complexity index is 1290. The first-order chi connectivity index (χ1) is 16.3. The zero-order valence-corrected chi connectivity index (χ0v) is 18.8. The average molecular weight is 463 g/mol. The smallest absolute Gasteiger partial charge is 0.276 e. The van der Waals surface area contributed by atoms with E-state index in [4.69, 9.17) is 19.9 Å². The van der Waals surface area contributed by atoms with Crippen molar-refractivity contribution in [3.05, 3.63) is 84.5 Å². The molecule has 10 heteroatoms. The van der Waals surface area contributed by atoms with Crippen molar-refractivity contribution < 1.29 is 23.4 Å². The molecule has 4 rings (SSSR count). The number of benzene rings is 1. The number of halogens is 1. The van der Waals surface area contributed by atoms with Gasteiger partial charge in [0.25, 0.3) is 5.91 Å². The van der Waals surface area contributed by atoms with E-state index in [1.807, 2.05) is 0 Å². The van der Waals surface area contributed by atoms with E-state index in [0.717, 1.165) is 0 Å². The van der Waals surface area contributed by atoms with Crippen LogP contribution in [-0.4, -0.2) is 42.0 Å². The molecule has 9 nitrogen and oxygen atoms in total. The highest BCUT2D eigenvalue weighted by Crippen LogP contribution is 2.46. The second-order valence-corrected chi connectivity index (χ2v) is 7.27. The Morgan fingerprint density at radius 3 is 2.47 bits per heavy atom. The number of hydrogen-bond donors (Lipinski definition) is 1. The van der Waals surface area contributed by atoms with Gasteiger partial charge >= 0.3 is 0 Å². The number of ether oxygens (including phenoxy) is 3. The molecule has 1 aromatic carbocycles. The van der Waals surface area contributed by atoms with E-state index in [2.05, 4.69) is 16.5 Å². The number of rotatable bonds is 7. The van der Waals surface area contributed by atoms with Crippen LogP contribution in [0.15, 0.2) is 73.0 Å². The van der Waals surface area contributed by atoms with Gasteiger partial charge in [0, 0.05) is 25.4 Å². The normalized spacial score (nSPS) is 13.6. The van der Waals surface area contributed by atoms with Crippen molar-refractivity contribution >= 4 is 17.4 Å².